The molecule has 1 heterocycles. The van der Waals surface area contributed by atoms with Crippen LogP contribution in [0.5, 0.6) is 0 Å². The smallest absolute Gasteiger partial charge is 0.125 e. The molecule has 0 spiro atoms. The fourth-order valence-electron chi connectivity index (χ4n) is 0.633. The van der Waals surface area contributed by atoms with Crippen LogP contribution in [0.25, 0.3) is 0 Å². The molecule has 1 aliphatic heterocycles. The summed E-state index contributed by atoms with van der Waals surface area (Å²) in [5, 5.41) is 2.80. The number of hydrogen-bond donors (Lipinski definition) is 2. The third-order valence-electron chi connectivity index (χ3n) is 1.11. The molecule has 7 heavy (non-hydrogen) atoms. The van der Waals surface area contributed by atoms with Crippen molar-refractivity contribution < 1.29 is 4.39 Å². The first-order valence-corrected chi connectivity index (χ1v) is 2.85. The highest BCUT2D eigenvalue weighted by Crippen LogP contribution is 2.09. The lowest BCUT2D eigenvalue weighted by Gasteiger charge is -1.98. The van der Waals surface area contributed by atoms with E-state index >= 15 is 0 Å². The zero-order valence-electron chi connectivity index (χ0n) is 3.89. The molecule has 2 atom stereocenters. The van der Waals surface area contributed by atoms with Gasteiger partial charge in [0.2, 0.25) is 0 Å². The molecule has 3 heteroatoms. The standard InChI is InChI=1S/C4H8FNS/c5-3-1-6-2-4(3)7/h3-4,6-7H,1-2H2. The fraction of sp³-hybridized carbons (Fsp3) is 1.00. The van der Waals surface area contributed by atoms with Crippen LogP contribution in [-0.2, 0) is 0 Å². The highest BCUT2D eigenvalue weighted by atomic mass is 32.1. The van der Waals surface area contributed by atoms with Crippen LogP contribution in [0.2, 0.25) is 0 Å². The van der Waals surface area contributed by atoms with Crippen LogP contribution in [-0.4, -0.2) is 24.5 Å². The zero-order chi connectivity index (χ0) is 5.28. The summed E-state index contributed by atoms with van der Waals surface area (Å²) in [6.45, 7) is 1.19. The van der Waals surface area contributed by atoms with Gasteiger partial charge in [-0.05, 0) is 0 Å². The molecule has 1 aliphatic rings. The molecule has 2 unspecified atom stereocenters. The number of nitrogens with one attached hydrogen (secondary N) is 1. The van der Waals surface area contributed by atoms with Crippen molar-refractivity contribution in [3.05, 3.63) is 0 Å². The van der Waals surface area contributed by atoms with Gasteiger partial charge in [-0.1, -0.05) is 0 Å². The van der Waals surface area contributed by atoms with E-state index in [1.165, 1.54) is 0 Å². The lowest BCUT2D eigenvalue weighted by molar-refractivity contribution is 0.368. The zero-order valence-corrected chi connectivity index (χ0v) is 4.79. The Labute approximate surface area is 47.7 Å². The summed E-state index contributed by atoms with van der Waals surface area (Å²) < 4.78 is 12.2. The molecular weight excluding hydrogens is 113 g/mol. The molecule has 1 rings (SSSR count). The van der Waals surface area contributed by atoms with Crippen molar-refractivity contribution in [3.8, 4) is 0 Å². The van der Waals surface area contributed by atoms with E-state index in [-0.39, 0.29) is 5.25 Å². The Bertz CT molecular complexity index is 60.7. The van der Waals surface area contributed by atoms with Crippen LogP contribution >= 0.6 is 12.6 Å². The molecular formula is C4H8FNS. The number of halogens is 1. The minimum absolute atomic E-state index is 0.0694. The summed E-state index contributed by atoms with van der Waals surface area (Å²) in [6.07, 6.45) is -0.733. The van der Waals surface area contributed by atoms with Crippen LogP contribution in [0.1, 0.15) is 0 Å². The summed E-state index contributed by atoms with van der Waals surface area (Å²) in [5.74, 6) is 0. The van der Waals surface area contributed by atoms with Gasteiger partial charge in [-0.3, -0.25) is 0 Å². The van der Waals surface area contributed by atoms with Crippen molar-refractivity contribution in [2.45, 2.75) is 11.4 Å². The Morgan fingerprint density at radius 3 is 2.43 bits per heavy atom. The van der Waals surface area contributed by atoms with Gasteiger partial charge in [-0.25, -0.2) is 4.39 Å². The first-order valence-electron chi connectivity index (χ1n) is 2.33. The summed E-state index contributed by atoms with van der Waals surface area (Å²) in [6, 6.07) is 0. The van der Waals surface area contributed by atoms with Gasteiger partial charge in [0.25, 0.3) is 0 Å². The first kappa shape index (κ1) is 5.38. The van der Waals surface area contributed by atoms with Gasteiger partial charge in [0.1, 0.15) is 6.17 Å². The van der Waals surface area contributed by atoms with Crippen molar-refractivity contribution >= 4 is 12.6 Å². The van der Waals surface area contributed by atoms with E-state index in [4.69, 9.17) is 0 Å². The van der Waals surface area contributed by atoms with E-state index < -0.39 is 6.17 Å². The van der Waals surface area contributed by atoms with Crippen molar-refractivity contribution in [3.63, 3.8) is 0 Å². The number of alkyl halides is 1. The highest BCUT2D eigenvalue weighted by Gasteiger charge is 2.22. The van der Waals surface area contributed by atoms with Crippen molar-refractivity contribution in [1.82, 2.24) is 5.32 Å². The highest BCUT2D eigenvalue weighted by molar-refractivity contribution is 7.81. The Balaban J connectivity index is 2.33. The molecule has 1 fully saturated rings. The Morgan fingerprint density at radius 1 is 1.57 bits per heavy atom. The largest absolute Gasteiger partial charge is 0.313 e. The lowest BCUT2D eigenvalue weighted by atomic mass is 10.3. The molecule has 0 aromatic heterocycles. The van der Waals surface area contributed by atoms with E-state index in [1.807, 2.05) is 0 Å². The van der Waals surface area contributed by atoms with Crippen LogP contribution in [0.4, 0.5) is 4.39 Å². The van der Waals surface area contributed by atoms with E-state index in [2.05, 4.69) is 17.9 Å². The van der Waals surface area contributed by atoms with Gasteiger partial charge in [0, 0.05) is 18.3 Å². The summed E-state index contributed by atoms with van der Waals surface area (Å²) >= 11 is 3.95. The predicted molar refractivity (Wildman–Crippen MR) is 30.5 cm³/mol. The van der Waals surface area contributed by atoms with Gasteiger partial charge in [0.15, 0.2) is 0 Å². The Hall–Kier alpha value is 0.240. The van der Waals surface area contributed by atoms with Gasteiger partial charge >= 0.3 is 0 Å². The maximum Gasteiger partial charge on any atom is 0.125 e. The van der Waals surface area contributed by atoms with E-state index in [0.717, 1.165) is 0 Å². The molecule has 0 aromatic carbocycles. The van der Waals surface area contributed by atoms with Gasteiger partial charge in [-0.15, -0.1) is 0 Å². The second-order valence-corrected chi connectivity index (χ2v) is 2.40. The van der Waals surface area contributed by atoms with Gasteiger partial charge < -0.3 is 5.32 Å². The number of rotatable bonds is 0. The Morgan fingerprint density at radius 2 is 2.29 bits per heavy atom. The van der Waals surface area contributed by atoms with Gasteiger partial charge in [-0.2, -0.15) is 12.6 Å². The monoisotopic (exact) mass is 121 g/mol. The quantitative estimate of drug-likeness (QED) is 0.437. The van der Waals surface area contributed by atoms with Crippen molar-refractivity contribution in [2.24, 2.45) is 0 Å². The average Bonchev–Trinajstić information content (AvgIpc) is 1.91. The van der Waals surface area contributed by atoms with Crippen LogP contribution < -0.4 is 5.32 Å². The molecule has 1 N–H and O–H groups in total. The maximum absolute atomic E-state index is 12.2. The molecule has 0 radical (unpaired) electrons. The summed E-state index contributed by atoms with van der Waals surface area (Å²) in [4.78, 5) is 0. The summed E-state index contributed by atoms with van der Waals surface area (Å²) in [7, 11) is 0. The van der Waals surface area contributed by atoms with Crippen molar-refractivity contribution in [1.29, 1.82) is 0 Å². The molecule has 0 bridgehead atoms. The number of hydrogen-bond acceptors (Lipinski definition) is 2. The minimum Gasteiger partial charge on any atom is -0.313 e. The third-order valence-corrected chi connectivity index (χ3v) is 1.62. The van der Waals surface area contributed by atoms with E-state index in [9.17, 15) is 4.39 Å². The molecule has 0 aromatic rings. The van der Waals surface area contributed by atoms with Crippen LogP contribution in [0.15, 0.2) is 0 Å². The first-order chi connectivity index (χ1) is 3.30. The van der Waals surface area contributed by atoms with Crippen LogP contribution in [0, 0.1) is 0 Å². The number of thiol groups is 1. The lowest BCUT2D eigenvalue weighted by Crippen LogP contribution is -2.11. The predicted octanol–water partition coefficient (Wildman–Crippen LogP) is 0.226. The van der Waals surface area contributed by atoms with Gasteiger partial charge in [0.05, 0.1) is 0 Å². The molecule has 1 saturated heterocycles. The topological polar surface area (TPSA) is 12.0 Å². The molecule has 0 amide bonds. The Kier molecular flexibility index (Phi) is 1.54. The van der Waals surface area contributed by atoms with Crippen molar-refractivity contribution in [2.75, 3.05) is 13.1 Å². The molecule has 0 aliphatic carbocycles. The SMILES string of the molecule is FC1CNCC1S. The van der Waals surface area contributed by atoms with E-state index in [0.29, 0.717) is 13.1 Å². The molecule has 0 saturated carbocycles. The fourth-order valence-corrected chi connectivity index (χ4v) is 0.868. The molecule has 1 nitrogen and oxygen atoms in total. The maximum atomic E-state index is 12.2. The van der Waals surface area contributed by atoms with E-state index in [1.54, 1.807) is 0 Å². The molecule has 42 valence electrons. The summed E-state index contributed by atoms with van der Waals surface area (Å²) in [5.41, 5.74) is 0. The normalized spacial score (nSPS) is 42.0. The third kappa shape index (κ3) is 1.07. The van der Waals surface area contributed by atoms with Crippen LogP contribution in [0.3, 0.4) is 0 Å². The average molecular weight is 121 g/mol. The minimum atomic E-state index is -0.733. The second-order valence-electron chi connectivity index (χ2n) is 1.74. The second kappa shape index (κ2) is 2.01.